The molecular weight excluding hydrogens is 482 g/mol. The molecule has 1 aliphatic heterocycles. The summed E-state index contributed by atoms with van der Waals surface area (Å²) in [6, 6.07) is 11.4. The number of likely N-dealkylation sites (tertiary alicyclic amines) is 1. The molecule has 2 aromatic carbocycles. The number of halogens is 1. The molecule has 1 fully saturated rings. The van der Waals surface area contributed by atoms with E-state index in [-0.39, 0.29) is 16.7 Å². The topological polar surface area (TPSA) is 131 Å². The number of hydrogen-bond acceptors (Lipinski definition) is 7. The molecule has 1 atom stereocenters. The van der Waals surface area contributed by atoms with Crippen LogP contribution in [0.2, 0.25) is 5.02 Å². The van der Waals surface area contributed by atoms with Gasteiger partial charge in [-0.2, -0.15) is 4.72 Å². The standard InChI is InChI=1S/C22H20ClN5O3S2/c23-15-2-1-13-9-20(32-19(13)10-15)33(30,31)27-18-4-6-28(22(18)29)11-14-7-16-12(8-17(14)24)3-5-26-21(16)25/h1-3,5,7-10,18,27H,4,6,11,24H2,(H2,25,26). The van der Waals surface area contributed by atoms with Gasteiger partial charge in [0.2, 0.25) is 5.91 Å². The van der Waals surface area contributed by atoms with Crippen LogP contribution in [-0.2, 0) is 21.4 Å². The molecule has 2 aromatic heterocycles. The van der Waals surface area contributed by atoms with Crippen molar-refractivity contribution in [3.8, 4) is 0 Å². The van der Waals surface area contributed by atoms with Gasteiger partial charge in [-0.1, -0.05) is 17.7 Å². The highest BCUT2D eigenvalue weighted by molar-refractivity contribution is 7.91. The second-order valence-electron chi connectivity index (χ2n) is 7.94. The van der Waals surface area contributed by atoms with Crippen molar-refractivity contribution in [1.29, 1.82) is 0 Å². The number of thiophene rings is 1. The van der Waals surface area contributed by atoms with Crippen LogP contribution in [0, 0.1) is 0 Å². The quantitative estimate of drug-likeness (QED) is 0.359. The zero-order valence-corrected chi connectivity index (χ0v) is 19.7. The molecule has 0 bridgehead atoms. The highest BCUT2D eigenvalue weighted by Crippen LogP contribution is 2.32. The average molecular weight is 502 g/mol. The Morgan fingerprint density at radius 1 is 1.15 bits per heavy atom. The van der Waals surface area contributed by atoms with Crippen molar-refractivity contribution in [3.63, 3.8) is 0 Å². The number of hydrogen-bond donors (Lipinski definition) is 3. The second kappa shape index (κ2) is 8.14. The Bertz CT molecular complexity index is 1520. The predicted molar refractivity (Wildman–Crippen MR) is 132 cm³/mol. The lowest BCUT2D eigenvalue weighted by molar-refractivity contribution is -0.129. The fourth-order valence-corrected chi connectivity index (χ4v) is 6.93. The van der Waals surface area contributed by atoms with Gasteiger partial charge in [-0.15, -0.1) is 11.3 Å². The van der Waals surface area contributed by atoms with Crippen LogP contribution in [0.25, 0.3) is 20.9 Å². The number of sulfonamides is 1. The summed E-state index contributed by atoms with van der Waals surface area (Å²) in [4.78, 5) is 18.7. The summed E-state index contributed by atoms with van der Waals surface area (Å²) in [5.41, 5.74) is 13.5. The number of nitrogens with zero attached hydrogens (tertiary/aromatic N) is 2. The SMILES string of the molecule is Nc1cc2ccnc(N)c2cc1CN1CCC(NS(=O)(=O)c2cc3ccc(Cl)cc3s2)C1=O. The third kappa shape index (κ3) is 4.10. The summed E-state index contributed by atoms with van der Waals surface area (Å²) < 4.78 is 29.4. The molecule has 1 amide bonds. The Labute approximate surface area is 199 Å². The lowest BCUT2D eigenvalue weighted by Crippen LogP contribution is -2.41. The predicted octanol–water partition coefficient (Wildman–Crippen LogP) is 3.35. The molecule has 1 saturated heterocycles. The Morgan fingerprint density at radius 2 is 1.97 bits per heavy atom. The van der Waals surface area contributed by atoms with Crippen molar-refractivity contribution < 1.29 is 13.2 Å². The number of nitrogens with one attached hydrogen (secondary N) is 1. The van der Waals surface area contributed by atoms with E-state index in [2.05, 4.69) is 9.71 Å². The average Bonchev–Trinajstić information content (AvgIpc) is 3.33. The fourth-order valence-electron chi connectivity index (χ4n) is 4.01. The van der Waals surface area contributed by atoms with Crippen molar-refractivity contribution in [2.24, 2.45) is 0 Å². The lowest BCUT2D eigenvalue weighted by atomic mass is 10.1. The number of aromatic nitrogens is 1. The van der Waals surface area contributed by atoms with Crippen molar-refractivity contribution in [2.45, 2.75) is 23.2 Å². The summed E-state index contributed by atoms with van der Waals surface area (Å²) in [6.45, 7) is 0.669. The van der Waals surface area contributed by atoms with Gasteiger partial charge in [-0.25, -0.2) is 13.4 Å². The molecule has 0 aliphatic carbocycles. The number of benzene rings is 2. The van der Waals surface area contributed by atoms with Gasteiger partial charge in [0, 0.05) is 40.1 Å². The third-order valence-corrected chi connectivity index (χ3v) is 9.01. The minimum atomic E-state index is -3.86. The van der Waals surface area contributed by atoms with Gasteiger partial charge in [0.25, 0.3) is 10.0 Å². The Balaban J connectivity index is 1.34. The first-order valence-electron chi connectivity index (χ1n) is 10.1. The van der Waals surface area contributed by atoms with E-state index < -0.39 is 16.1 Å². The van der Waals surface area contributed by atoms with E-state index >= 15 is 0 Å². The van der Waals surface area contributed by atoms with Crippen molar-refractivity contribution in [1.82, 2.24) is 14.6 Å². The molecule has 33 heavy (non-hydrogen) atoms. The van der Waals surface area contributed by atoms with E-state index in [4.69, 9.17) is 23.1 Å². The summed E-state index contributed by atoms with van der Waals surface area (Å²) in [6.07, 6.45) is 1.98. The molecule has 5 N–H and O–H groups in total. The Hall–Kier alpha value is -2.92. The minimum absolute atomic E-state index is 0.146. The summed E-state index contributed by atoms with van der Waals surface area (Å²) in [7, 11) is -3.86. The zero-order chi connectivity index (χ0) is 23.3. The van der Waals surface area contributed by atoms with E-state index in [9.17, 15) is 13.2 Å². The smallest absolute Gasteiger partial charge is 0.250 e. The maximum atomic E-state index is 13.0. The molecule has 0 saturated carbocycles. The van der Waals surface area contributed by atoms with Crippen LogP contribution in [0.5, 0.6) is 0 Å². The van der Waals surface area contributed by atoms with Crippen LogP contribution in [0.1, 0.15) is 12.0 Å². The molecule has 4 aromatic rings. The van der Waals surface area contributed by atoms with Gasteiger partial charge in [0.15, 0.2) is 0 Å². The van der Waals surface area contributed by atoms with Gasteiger partial charge in [-0.05, 0) is 59.2 Å². The maximum absolute atomic E-state index is 13.0. The van der Waals surface area contributed by atoms with E-state index in [1.807, 2.05) is 12.1 Å². The summed E-state index contributed by atoms with van der Waals surface area (Å²) >= 11 is 7.12. The zero-order valence-electron chi connectivity index (χ0n) is 17.3. The van der Waals surface area contributed by atoms with Crippen LogP contribution >= 0.6 is 22.9 Å². The van der Waals surface area contributed by atoms with Gasteiger partial charge >= 0.3 is 0 Å². The van der Waals surface area contributed by atoms with Crippen molar-refractivity contribution in [2.75, 3.05) is 18.0 Å². The first-order chi connectivity index (χ1) is 15.7. The second-order valence-corrected chi connectivity index (χ2v) is 11.4. The number of fused-ring (bicyclic) bond motifs is 2. The van der Waals surface area contributed by atoms with Crippen LogP contribution in [0.15, 0.2) is 52.9 Å². The highest BCUT2D eigenvalue weighted by Gasteiger charge is 2.35. The van der Waals surface area contributed by atoms with Crippen molar-refractivity contribution in [3.05, 3.63) is 59.2 Å². The molecule has 170 valence electrons. The van der Waals surface area contributed by atoms with Crippen LogP contribution < -0.4 is 16.2 Å². The van der Waals surface area contributed by atoms with Gasteiger partial charge < -0.3 is 16.4 Å². The van der Waals surface area contributed by atoms with Gasteiger partial charge in [0.05, 0.1) is 0 Å². The minimum Gasteiger partial charge on any atom is -0.398 e. The third-order valence-electron chi connectivity index (χ3n) is 5.74. The number of nitrogens with two attached hydrogens (primary N) is 2. The molecule has 11 heteroatoms. The van der Waals surface area contributed by atoms with Crippen LogP contribution in [0.4, 0.5) is 11.5 Å². The highest BCUT2D eigenvalue weighted by atomic mass is 35.5. The maximum Gasteiger partial charge on any atom is 0.250 e. The number of anilines is 2. The number of rotatable bonds is 5. The Morgan fingerprint density at radius 3 is 2.79 bits per heavy atom. The molecule has 5 rings (SSSR count). The number of nitrogen functional groups attached to an aromatic ring is 2. The molecule has 3 heterocycles. The first-order valence-corrected chi connectivity index (χ1v) is 12.8. The number of pyridine rings is 1. The Kier molecular flexibility index (Phi) is 5.40. The van der Waals surface area contributed by atoms with E-state index in [1.54, 1.807) is 41.4 Å². The van der Waals surface area contributed by atoms with E-state index in [1.165, 1.54) is 0 Å². The van der Waals surface area contributed by atoms with Crippen LogP contribution in [-0.4, -0.2) is 36.8 Å². The first kappa shape index (κ1) is 21.9. The molecular formula is C22H20ClN5O3S2. The van der Waals surface area contributed by atoms with Gasteiger partial charge in [-0.3, -0.25) is 4.79 Å². The normalized spacial score (nSPS) is 16.8. The van der Waals surface area contributed by atoms with Crippen LogP contribution in [0.3, 0.4) is 0 Å². The summed E-state index contributed by atoms with van der Waals surface area (Å²) in [5, 5.41) is 2.94. The summed E-state index contributed by atoms with van der Waals surface area (Å²) in [5.74, 6) is 0.0955. The fraction of sp³-hybridized carbons (Fsp3) is 0.182. The number of carbonyl (C=O) groups excluding carboxylic acids is 1. The molecule has 0 radical (unpaired) electrons. The van der Waals surface area contributed by atoms with Crippen molar-refractivity contribution >= 4 is 71.2 Å². The lowest BCUT2D eigenvalue weighted by Gasteiger charge is -2.19. The molecule has 1 unspecified atom stereocenters. The number of carbonyl (C=O) groups is 1. The molecule has 8 nitrogen and oxygen atoms in total. The number of amides is 1. The molecule has 0 spiro atoms. The molecule has 1 aliphatic rings. The van der Waals surface area contributed by atoms with E-state index in [0.29, 0.717) is 29.5 Å². The van der Waals surface area contributed by atoms with Gasteiger partial charge in [0.1, 0.15) is 16.1 Å². The monoisotopic (exact) mass is 501 g/mol. The van der Waals surface area contributed by atoms with E-state index in [0.717, 1.165) is 37.8 Å². The largest absolute Gasteiger partial charge is 0.398 e.